The van der Waals surface area contributed by atoms with Crippen LogP contribution in [0, 0.1) is 46.0 Å². The van der Waals surface area contributed by atoms with Crippen molar-refractivity contribution in [2.45, 2.75) is 117 Å². The van der Waals surface area contributed by atoms with Gasteiger partial charge in [-0.3, -0.25) is 4.79 Å². The molecule has 0 amide bonds. The van der Waals surface area contributed by atoms with Crippen molar-refractivity contribution in [3.05, 3.63) is 11.6 Å². The summed E-state index contributed by atoms with van der Waals surface area (Å²) in [5.74, 6) is 2.94. The van der Waals surface area contributed by atoms with Crippen LogP contribution in [-0.2, 0) is 9.53 Å². The molecule has 0 bridgehead atoms. The Morgan fingerprint density at radius 2 is 1.91 bits per heavy atom. The molecule has 192 valence electrons. The van der Waals surface area contributed by atoms with Crippen LogP contribution in [0.1, 0.15) is 105 Å². The predicted octanol–water partition coefficient (Wildman–Crippen LogP) is 7.05. The van der Waals surface area contributed by atoms with E-state index in [9.17, 15) is 4.79 Å². The van der Waals surface area contributed by atoms with E-state index >= 15 is 0 Å². The molecule has 0 aromatic rings. The van der Waals surface area contributed by atoms with Crippen LogP contribution < -0.4 is 5.73 Å². The van der Waals surface area contributed by atoms with Gasteiger partial charge in [0.2, 0.25) is 0 Å². The number of carbonyl (C=O) groups is 1. The molecule has 0 radical (unpaired) electrons. The second-order valence-corrected chi connectivity index (χ2v) is 13.1. The van der Waals surface area contributed by atoms with Gasteiger partial charge in [-0.2, -0.15) is 5.11 Å². The molecule has 0 aromatic carbocycles. The highest BCUT2D eigenvalue weighted by molar-refractivity contribution is 5.71. The van der Waals surface area contributed by atoms with Gasteiger partial charge in [-0.1, -0.05) is 65.5 Å². The second kappa shape index (κ2) is 9.67. The van der Waals surface area contributed by atoms with Crippen LogP contribution in [0.2, 0.25) is 0 Å². The van der Waals surface area contributed by atoms with Crippen molar-refractivity contribution in [2.24, 2.45) is 51.3 Å². The molecule has 8 atom stereocenters. The lowest BCUT2D eigenvalue weighted by Gasteiger charge is -2.62. The number of nitrogens with two attached hydrogens (primary N) is 1. The maximum absolute atomic E-state index is 11.8. The molecule has 5 heteroatoms. The summed E-state index contributed by atoms with van der Waals surface area (Å²) in [6, 6.07) is 0. The van der Waals surface area contributed by atoms with Gasteiger partial charge in [-0.15, -0.1) is 0 Å². The van der Waals surface area contributed by atoms with Crippen molar-refractivity contribution >= 4 is 5.97 Å². The number of ether oxygens (including phenoxy) is 1. The second-order valence-electron chi connectivity index (χ2n) is 13.1. The summed E-state index contributed by atoms with van der Waals surface area (Å²) >= 11 is 0. The molecule has 0 saturated heterocycles. The Labute approximate surface area is 207 Å². The summed E-state index contributed by atoms with van der Waals surface area (Å²) in [5.41, 5.74) is 15.6. The average Bonchev–Trinajstić information content (AvgIpc) is 3.16. The predicted molar refractivity (Wildman–Crippen MR) is 136 cm³/mol. The smallest absolute Gasteiger partial charge is 0.319 e. The molecule has 34 heavy (non-hydrogen) atoms. The van der Waals surface area contributed by atoms with Gasteiger partial charge in [0.15, 0.2) is 0 Å². The quantitative estimate of drug-likeness (QED) is 0.226. The lowest BCUT2D eigenvalue weighted by molar-refractivity contribution is -0.150. The maximum atomic E-state index is 11.8. The van der Waals surface area contributed by atoms with E-state index in [4.69, 9.17) is 16.0 Å². The van der Waals surface area contributed by atoms with Crippen molar-refractivity contribution in [3.63, 3.8) is 0 Å². The molecule has 0 aromatic heterocycles. The van der Waals surface area contributed by atoms with Crippen LogP contribution in [0.5, 0.6) is 0 Å². The topological polar surface area (TPSA) is 88.5 Å². The van der Waals surface area contributed by atoms with Gasteiger partial charge in [0.25, 0.3) is 0 Å². The van der Waals surface area contributed by atoms with E-state index in [-0.39, 0.29) is 29.6 Å². The molecule has 4 aliphatic rings. The van der Waals surface area contributed by atoms with Crippen LogP contribution in [0.4, 0.5) is 0 Å². The van der Waals surface area contributed by atoms with Crippen LogP contribution in [-0.4, -0.2) is 24.2 Å². The normalized spacial score (nSPS) is 42.3. The zero-order valence-corrected chi connectivity index (χ0v) is 22.4. The molecule has 4 aliphatic carbocycles. The Bertz CT molecular complexity index is 809. The summed E-state index contributed by atoms with van der Waals surface area (Å²) < 4.78 is 5.63. The van der Waals surface area contributed by atoms with Crippen molar-refractivity contribution < 1.29 is 9.53 Å². The molecule has 3 N–H and O–H groups in total. The summed E-state index contributed by atoms with van der Waals surface area (Å²) in [7, 11) is 0. The number of nitrogens with zero attached hydrogens (tertiary/aromatic N) is 1. The standard InChI is InChI=1S/C29H49N3O2/c1-19(2)7-6-8-20(3)23-9-10-24-28(23,5)15-13-25-27(4)14-12-22(34-26(33)18-30)17-21(27)11-16-29(24,25)32-31/h11,19-20,22-25,31H,6-10,12-18,30H2,1-5H3/t20-,22+,23?,24?,25?,27+,28-,29-/m1/s1. The van der Waals surface area contributed by atoms with Crippen molar-refractivity contribution in [3.8, 4) is 0 Å². The molecule has 0 heterocycles. The number of fused-ring (bicyclic) bond motifs is 5. The molecule has 3 unspecified atom stereocenters. The minimum Gasteiger partial charge on any atom is -0.461 e. The Kier molecular flexibility index (Phi) is 7.35. The number of carbonyl (C=O) groups excluding carboxylic acids is 1. The van der Waals surface area contributed by atoms with Gasteiger partial charge in [0.1, 0.15) is 6.10 Å². The maximum Gasteiger partial charge on any atom is 0.319 e. The zero-order chi connectivity index (χ0) is 24.7. The summed E-state index contributed by atoms with van der Waals surface area (Å²) in [6.45, 7) is 12.1. The van der Waals surface area contributed by atoms with Gasteiger partial charge in [0.05, 0.1) is 12.1 Å². The molecule has 3 saturated carbocycles. The van der Waals surface area contributed by atoms with Crippen molar-refractivity contribution in [1.82, 2.24) is 0 Å². The Balaban J connectivity index is 1.55. The van der Waals surface area contributed by atoms with Crippen molar-refractivity contribution in [2.75, 3.05) is 6.54 Å². The largest absolute Gasteiger partial charge is 0.461 e. The first-order valence-electron chi connectivity index (χ1n) is 14.1. The Morgan fingerprint density at radius 3 is 2.59 bits per heavy atom. The van der Waals surface area contributed by atoms with Crippen molar-refractivity contribution in [1.29, 1.82) is 5.53 Å². The third kappa shape index (κ3) is 4.18. The highest BCUT2D eigenvalue weighted by Crippen LogP contribution is 2.69. The average molecular weight is 472 g/mol. The lowest BCUT2D eigenvalue weighted by atomic mass is 9.44. The first kappa shape index (κ1) is 25.9. The van der Waals surface area contributed by atoms with E-state index in [0.29, 0.717) is 17.3 Å². The van der Waals surface area contributed by atoms with Crippen LogP contribution >= 0.6 is 0 Å². The van der Waals surface area contributed by atoms with Gasteiger partial charge in [-0.05, 0) is 85.4 Å². The summed E-state index contributed by atoms with van der Waals surface area (Å²) in [5, 5.41) is 4.59. The summed E-state index contributed by atoms with van der Waals surface area (Å²) in [6.07, 6.45) is 15.0. The van der Waals surface area contributed by atoms with E-state index in [1.165, 1.54) is 50.5 Å². The molecule has 5 nitrogen and oxygen atoms in total. The highest BCUT2D eigenvalue weighted by Gasteiger charge is 2.66. The number of rotatable bonds is 8. The fourth-order valence-electron chi connectivity index (χ4n) is 9.27. The molecule has 3 fully saturated rings. The highest BCUT2D eigenvalue weighted by atomic mass is 16.5. The van der Waals surface area contributed by atoms with E-state index in [1.54, 1.807) is 0 Å². The fraction of sp³-hybridized carbons (Fsp3) is 0.897. The zero-order valence-electron chi connectivity index (χ0n) is 22.4. The Hall–Kier alpha value is -1.23. The van der Waals surface area contributed by atoms with Gasteiger partial charge in [0, 0.05) is 6.42 Å². The lowest BCUT2D eigenvalue weighted by Crippen LogP contribution is -2.60. The number of nitrogens with one attached hydrogen (secondary N) is 1. The number of esters is 1. The minimum atomic E-state index is -0.298. The fourth-order valence-corrected chi connectivity index (χ4v) is 9.27. The van der Waals surface area contributed by atoms with Crippen LogP contribution in [0.25, 0.3) is 0 Å². The van der Waals surface area contributed by atoms with E-state index in [1.807, 2.05) is 0 Å². The van der Waals surface area contributed by atoms with Gasteiger partial charge in [-0.25, -0.2) is 5.53 Å². The van der Waals surface area contributed by atoms with Gasteiger partial charge >= 0.3 is 5.97 Å². The molecule has 0 spiro atoms. The number of hydrogen-bond acceptors (Lipinski definition) is 5. The molecule has 0 aliphatic heterocycles. The third-order valence-corrected chi connectivity index (χ3v) is 11.0. The summed E-state index contributed by atoms with van der Waals surface area (Å²) in [4.78, 5) is 11.8. The van der Waals surface area contributed by atoms with E-state index < -0.39 is 0 Å². The SMILES string of the molecule is CC(C)CCC[C@@H](C)C1CCC2[C@]1(C)CCC1[C@@]2(N=N)CC=C2C[C@@H](OC(=O)CN)CC[C@@]21C. The molecule has 4 rings (SSSR count). The van der Waals surface area contributed by atoms with Gasteiger partial charge < -0.3 is 10.5 Å². The Morgan fingerprint density at radius 1 is 1.15 bits per heavy atom. The van der Waals surface area contributed by atoms with E-state index in [0.717, 1.165) is 43.4 Å². The van der Waals surface area contributed by atoms with Crippen LogP contribution in [0.3, 0.4) is 0 Å². The molecular formula is C29H49N3O2. The third-order valence-electron chi connectivity index (χ3n) is 11.0. The minimum absolute atomic E-state index is 0.0480. The monoisotopic (exact) mass is 471 g/mol. The first-order chi connectivity index (χ1) is 16.1. The number of hydrogen-bond donors (Lipinski definition) is 2. The first-order valence-corrected chi connectivity index (χ1v) is 14.1. The van der Waals surface area contributed by atoms with Crippen LogP contribution in [0.15, 0.2) is 16.8 Å². The van der Waals surface area contributed by atoms with E-state index in [2.05, 4.69) is 45.8 Å². The molecular weight excluding hydrogens is 422 g/mol.